The molecule has 0 atom stereocenters. The van der Waals surface area contributed by atoms with Gasteiger partial charge in [-0.25, -0.2) is 9.78 Å². The molecule has 0 unspecified atom stereocenters. The standard InChI is InChI=1S/C24H28N4O3/c1-4-31-24(30)18-6-7-22(25-15-18)27-8-5-9-28(11-10-27)23(29)21-14-19-17(3)12-16(2)13-20(19)26-21/h6-7,12-15,26H,4-5,8-11H2,1-3H3. The Bertz CT molecular complexity index is 1100. The molecule has 1 saturated heterocycles. The predicted octanol–water partition coefficient (Wildman–Crippen LogP) is 3.71. The number of aryl methyl sites for hydroxylation is 2. The van der Waals surface area contributed by atoms with Crippen LogP contribution in [0.25, 0.3) is 10.9 Å². The molecule has 7 heteroatoms. The van der Waals surface area contributed by atoms with Crippen LogP contribution < -0.4 is 4.90 Å². The number of fused-ring (bicyclic) bond motifs is 1. The number of ether oxygens (including phenoxy) is 1. The van der Waals surface area contributed by atoms with Crippen LogP contribution in [0.15, 0.2) is 36.5 Å². The number of carbonyl (C=O) groups excluding carboxylic acids is 2. The first-order chi connectivity index (χ1) is 15.0. The molecular formula is C24H28N4O3. The summed E-state index contributed by atoms with van der Waals surface area (Å²) in [7, 11) is 0. The largest absolute Gasteiger partial charge is 0.462 e. The van der Waals surface area contributed by atoms with E-state index in [1.807, 2.05) is 17.0 Å². The molecule has 0 spiro atoms. The lowest BCUT2D eigenvalue weighted by Crippen LogP contribution is -2.35. The van der Waals surface area contributed by atoms with Gasteiger partial charge in [-0.3, -0.25) is 4.79 Å². The molecule has 0 saturated carbocycles. The summed E-state index contributed by atoms with van der Waals surface area (Å²) >= 11 is 0. The Kier molecular flexibility index (Phi) is 5.93. The molecule has 1 amide bonds. The number of hydrogen-bond acceptors (Lipinski definition) is 5. The topological polar surface area (TPSA) is 78.5 Å². The second kappa shape index (κ2) is 8.79. The van der Waals surface area contributed by atoms with E-state index in [-0.39, 0.29) is 11.9 Å². The number of benzene rings is 1. The van der Waals surface area contributed by atoms with E-state index in [9.17, 15) is 9.59 Å². The summed E-state index contributed by atoms with van der Waals surface area (Å²) in [6, 6.07) is 9.75. The molecule has 4 rings (SSSR count). The number of aromatic nitrogens is 2. The van der Waals surface area contributed by atoms with Gasteiger partial charge >= 0.3 is 5.97 Å². The fraction of sp³-hybridized carbons (Fsp3) is 0.375. The van der Waals surface area contributed by atoms with Gasteiger partial charge in [0.25, 0.3) is 5.91 Å². The number of esters is 1. The molecule has 1 N–H and O–H groups in total. The maximum Gasteiger partial charge on any atom is 0.339 e. The summed E-state index contributed by atoms with van der Waals surface area (Å²) in [5.74, 6) is 0.470. The quantitative estimate of drug-likeness (QED) is 0.651. The van der Waals surface area contributed by atoms with Crippen molar-refractivity contribution in [1.82, 2.24) is 14.9 Å². The molecule has 0 radical (unpaired) electrons. The minimum atomic E-state index is -0.363. The maximum absolute atomic E-state index is 13.2. The number of aromatic amines is 1. The van der Waals surface area contributed by atoms with Crippen LogP contribution in [0.2, 0.25) is 0 Å². The molecule has 162 valence electrons. The number of hydrogen-bond donors (Lipinski definition) is 1. The van der Waals surface area contributed by atoms with Gasteiger partial charge in [0.2, 0.25) is 0 Å². The first-order valence-electron chi connectivity index (χ1n) is 10.7. The Morgan fingerprint density at radius 1 is 1.10 bits per heavy atom. The third-order valence-electron chi connectivity index (χ3n) is 5.69. The number of anilines is 1. The van der Waals surface area contributed by atoms with Gasteiger partial charge in [-0.2, -0.15) is 0 Å². The lowest BCUT2D eigenvalue weighted by Gasteiger charge is -2.22. The van der Waals surface area contributed by atoms with Crippen molar-refractivity contribution in [3.05, 3.63) is 58.9 Å². The second-order valence-corrected chi connectivity index (χ2v) is 7.98. The fourth-order valence-electron chi connectivity index (χ4n) is 4.14. The summed E-state index contributed by atoms with van der Waals surface area (Å²) in [5.41, 5.74) is 4.43. The number of rotatable bonds is 4. The normalized spacial score (nSPS) is 14.5. The van der Waals surface area contributed by atoms with Crippen molar-refractivity contribution in [2.45, 2.75) is 27.2 Å². The summed E-state index contributed by atoms with van der Waals surface area (Å²) in [6.07, 6.45) is 2.40. The Labute approximate surface area is 182 Å². The van der Waals surface area contributed by atoms with Gasteiger partial charge in [0.05, 0.1) is 12.2 Å². The molecule has 0 aliphatic carbocycles. The van der Waals surface area contributed by atoms with E-state index < -0.39 is 0 Å². The number of H-pyrrole nitrogens is 1. The highest BCUT2D eigenvalue weighted by atomic mass is 16.5. The maximum atomic E-state index is 13.2. The Morgan fingerprint density at radius 3 is 2.68 bits per heavy atom. The molecule has 7 nitrogen and oxygen atoms in total. The van der Waals surface area contributed by atoms with Gasteiger partial charge in [-0.1, -0.05) is 6.07 Å². The lowest BCUT2D eigenvalue weighted by atomic mass is 10.1. The SMILES string of the molecule is CCOC(=O)c1ccc(N2CCCN(C(=O)c3cc4c(C)cc(C)cc4[nH]3)CC2)nc1. The number of nitrogens with one attached hydrogen (secondary N) is 1. The number of nitrogens with zero attached hydrogens (tertiary/aromatic N) is 3. The molecule has 3 aromatic rings. The first-order valence-corrected chi connectivity index (χ1v) is 10.7. The van der Waals surface area contributed by atoms with E-state index in [0.29, 0.717) is 37.5 Å². The van der Waals surface area contributed by atoms with E-state index in [1.165, 1.54) is 11.1 Å². The number of pyridine rings is 1. The smallest absolute Gasteiger partial charge is 0.339 e. The van der Waals surface area contributed by atoms with Gasteiger partial charge in [0, 0.05) is 43.3 Å². The van der Waals surface area contributed by atoms with Crippen LogP contribution in [-0.2, 0) is 4.74 Å². The zero-order chi connectivity index (χ0) is 22.0. The molecule has 1 aliphatic rings. The predicted molar refractivity (Wildman–Crippen MR) is 121 cm³/mol. The van der Waals surface area contributed by atoms with Crippen molar-refractivity contribution in [1.29, 1.82) is 0 Å². The highest BCUT2D eigenvalue weighted by Crippen LogP contribution is 2.23. The molecule has 3 heterocycles. The average Bonchev–Trinajstić information content (AvgIpc) is 3.03. The van der Waals surface area contributed by atoms with Crippen molar-refractivity contribution >= 4 is 28.6 Å². The van der Waals surface area contributed by atoms with E-state index in [1.54, 1.807) is 19.2 Å². The van der Waals surface area contributed by atoms with Gasteiger partial charge in [-0.05, 0) is 62.6 Å². The fourth-order valence-corrected chi connectivity index (χ4v) is 4.14. The van der Waals surface area contributed by atoms with Crippen LogP contribution in [0.1, 0.15) is 45.3 Å². The molecule has 1 aliphatic heterocycles. The van der Waals surface area contributed by atoms with Crippen LogP contribution in [-0.4, -0.2) is 59.5 Å². The molecule has 1 aromatic carbocycles. The zero-order valence-corrected chi connectivity index (χ0v) is 18.3. The third-order valence-corrected chi connectivity index (χ3v) is 5.69. The van der Waals surface area contributed by atoms with Gasteiger partial charge in [-0.15, -0.1) is 0 Å². The van der Waals surface area contributed by atoms with Gasteiger partial charge < -0.3 is 19.5 Å². The summed E-state index contributed by atoms with van der Waals surface area (Å²) in [4.78, 5) is 36.8. The lowest BCUT2D eigenvalue weighted by molar-refractivity contribution is 0.0525. The summed E-state index contributed by atoms with van der Waals surface area (Å²) < 4.78 is 5.01. The molecule has 0 bridgehead atoms. The Morgan fingerprint density at radius 2 is 1.94 bits per heavy atom. The van der Waals surface area contributed by atoms with E-state index in [4.69, 9.17) is 4.74 Å². The van der Waals surface area contributed by atoms with Crippen molar-refractivity contribution in [2.24, 2.45) is 0 Å². The Balaban J connectivity index is 1.45. The monoisotopic (exact) mass is 420 g/mol. The molecule has 31 heavy (non-hydrogen) atoms. The van der Waals surface area contributed by atoms with Crippen LogP contribution in [0.3, 0.4) is 0 Å². The third kappa shape index (κ3) is 4.40. The average molecular weight is 421 g/mol. The number of amides is 1. The van der Waals surface area contributed by atoms with Crippen molar-refractivity contribution in [2.75, 3.05) is 37.7 Å². The van der Waals surface area contributed by atoms with Crippen LogP contribution in [0, 0.1) is 13.8 Å². The molecule has 1 fully saturated rings. The van der Waals surface area contributed by atoms with E-state index in [0.717, 1.165) is 29.7 Å². The summed E-state index contributed by atoms with van der Waals surface area (Å²) in [6.45, 7) is 9.06. The highest BCUT2D eigenvalue weighted by molar-refractivity contribution is 5.99. The number of carbonyl (C=O) groups is 2. The molecular weight excluding hydrogens is 392 g/mol. The van der Waals surface area contributed by atoms with Gasteiger partial charge in [0.1, 0.15) is 11.5 Å². The van der Waals surface area contributed by atoms with Crippen molar-refractivity contribution in [3.8, 4) is 0 Å². The van der Waals surface area contributed by atoms with E-state index >= 15 is 0 Å². The van der Waals surface area contributed by atoms with Crippen molar-refractivity contribution in [3.63, 3.8) is 0 Å². The van der Waals surface area contributed by atoms with Crippen LogP contribution in [0.5, 0.6) is 0 Å². The van der Waals surface area contributed by atoms with Gasteiger partial charge in [0.15, 0.2) is 0 Å². The van der Waals surface area contributed by atoms with E-state index in [2.05, 4.69) is 40.8 Å². The zero-order valence-electron chi connectivity index (χ0n) is 18.3. The van der Waals surface area contributed by atoms with Crippen LogP contribution in [0.4, 0.5) is 5.82 Å². The summed E-state index contributed by atoms with van der Waals surface area (Å²) in [5, 5.41) is 1.09. The minimum Gasteiger partial charge on any atom is -0.462 e. The second-order valence-electron chi connectivity index (χ2n) is 7.98. The molecule has 2 aromatic heterocycles. The highest BCUT2D eigenvalue weighted by Gasteiger charge is 2.23. The first kappa shape index (κ1) is 20.9. The van der Waals surface area contributed by atoms with Crippen molar-refractivity contribution < 1.29 is 14.3 Å². The minimum absolute atomic E-state index is 0.0284. The Hall–Kier alpha value is -3.35. The van der Waals surface area contributed by atoms with Crippen LogP contribution >= 0.6 is 0 Å².